The van der Waals surface area contributed by atoms with E-state index in [2.05, 4.69) is 15.2 Å². The molecule has 0 bridgehead atoms. The number of hydrogen-bond donors (Lipinski definition) is 3. The zero-order chi connectivity index (χ0) is 15.7. The first-order chi connectivity index (χ1) is 10.6. The molecule has 5 heteroatoms. The Kier molecular flexibility index (Phi) is 4.18. The minimum Gasteiger partial charge on any atom is -0.478 e. The first-order valence-electron chi connectivity index (χ1n) is 7.85. The Hall–Kier alpha value is -1.85. The smallest absolute Gasteiger partial charge is 0.338 e. The van der Waals surface area contributed by atoms with Gasteiger partial charge in [-0.25, -0.2) is 4.79 Å². The summed E-state index contributed by atoms with van der Waals surface area (Å²) in [6.07, 6.45) is 0.952. The highest BCUT2D eigenvalue weighted by atomic mass is 16.4. The third-order valence-corrected chi connectivity index (χ3v) is 4.61. The Morgan fingerprint density at radius 2 is 2.00 bits per heavy atom. The Morgan fingerprint density at radius 1 is 1.27 bits per heavy atom. The van der Waals surface area contributed by atoms with Crippen LogP contribution in [0.1, 0.15) is 27.2 Å². The Balaban J connectivity index is 1.91. The van der Waals surface area contributed by atoms with Crippen molar-refractivity contribution in [3.8, 4) is 0 Å². The van der Waals surface area contributed by atoms with E-state index >= 15 is 0 Å². The monoisotopic (exact) mass is 301 g/mol. The number of aromatic carboxylic acids is 1. The van der Waals surface area contributed by atoms with Crippen molar-refractivity contribution < 1.29 is 9.90 Å². The minimum atomic E-state index is -0.863. The summed E-state index contributed by atoms with van der Waals surface area (Å²) < 4.78 is 0. The topological polar surface area (TPSA) is 68.4 Å². The van der Waals surface area contributed by atoms with E-state index in [4.69, 9.17) is 0 Å². The number of carbonyl (C=O) groups is 1. The Morgan fingerprint density at radius 3 is 2.68 bits per heavy atom. The second-order valence-corrected chi connectivity index (χ2v) is 6.06. The molecule has 1 aliphatic rings. The van der Waals surface area contributed by atoms with Gasteiger partial charge in [0, 0.05) is 43.8 Å². The molecule has 0 unspecified atom stereocenters. The standard InChI is InChI=1S/C17H23N3O2/c1-11-3-4-14-13(5-8-20-9-6-18-7-10-20)12(2)19-16(14)15(11)17(21)22/h3-4,18-19H,5-10H2,1-2H3,(H,21,22). The maximum Gasteiger partial charge on any atom is 0.338 e. The van der Waals surface area contributed by atoms with Crippen LogP contribution in [-0.4, -0.2) is 53.7 Å². The number of fused-ring (bicyclic) bond motifs is 1. The highest BCUT2D eigenvalue weighted by molar-refractivity contribution is 6.04. The normalized spacial score (nSPS) is 16.3. The lowest BCUT2D eigenvalue weighted by Gasteiger charge is -2.27. The molecule has 22 heavy (non-hydrogen) atoms. The molecule has 118 valence electrons. The molecule has 1 aliphatic heterocycles. The number of rotatable bonds is 4. The van der Waals surface area contributed by atoms with Crippen LogP contribution < -0.4 is 5.32 Å². The molecule has 1 fully saturated rings. The number of nitrogens with zero attached hydrogens (tertiary/aromatic N) is 1. The summed E-state index contributed by atoms with van der Waals surface area (Å²) in [5.41, 5.74) is 4.29. The molecule has 5 nitrogen and oxygen atoms in total. The fraction of sp³-hybridized carbons (Fsp3) is 0.471. The van der Waals surface area contributed by atoms with Gasteiger partial charge in [0.15, 0.2) is 0 Å². The van der Waals surface area contributed by atoms with Crippen molar-refractivity contribution in [1.82, 2.24) is 15.2 Å². The minimum absolute atomic E-state index is 0.397. The van der Waals surface area contributed by atoms with Gasteiger partial charge in [-0.2, -0.15) is 0 Å². The Labute approximate surface area is 130 Å². The van der Waals surface area contributed by atoms with Crippen molar-refractivity contribution in [2.75, 3.05) is 32.7 Å². The van der Waals surface area contributed by atoms with Gasteiger partial charge in [-0.1, -0.05) is 12.1 Å². The van der Waals surface area contributed by atoms with Gasteiger partial charge in [-0.15, -0.1) is 0 Å². The lowest BCUT2D eigenvalue weighted by Crippen LogP contribution is -2.44. The molecule has 2 heterocycles. The summed E-state index contributed by atoms with van der Waals surface area (Å²) >= 11 is 0. The average molecular weight is 301 g/mol. The molecule has 0 amide bonds. The SMILES string of the molecule is Cc1ccc2c(CCN3CCNCC3)c(C)[nH]c2c1C(=O)O. The zero-order valence-corrected chi connectivity index (χ0v) is 13.2. The van der Waals surface area contributed by atoms with E-state index in [1.807, 2.05) is 26.0 Å². The first-order valence-corrected chi connectivity index (χ1v) is 7.85. The summed E-state index contributed by atoms with van der Waals surface area (Å²) in [5, 5.41) is 13.9. The summed E-state index contributed by atoms with van der Waals surface area (Å²) in [6.45, 7) is 9.17. The van der Waals surface area contributed by atoms with Crippen LogP contribution in [0.15, 0.2) is 12.1 Å². The van der Waals surface area contributed by atoms with Crippen LogP contribution in [-0.2, 0) is 6.42 Å². The number of aromatic nitrogens is 1. The van der Waals surface area contributed by atoms with Gasteiger partial charge in [0.25, 0.3) is 0 Å². The summed E-state index contributed by atoms with van der Waals surface area (Å²) in [6, 6.07) is 3.96. The molecular weight excluding hydrogens is 278 g/mol. The number of nitrogens with one attached hydrogen (secondary N) is 2. The maximum atomic E-state index is 11.5. The Bertz CT molecular complexity index is 699. The number of hydrogen-bond acceptors (Lipinski definition) is 3. The van der Waals surface area contributed by atoms with Crippen molar-refractivity contribution in [3.63, 3.8) is 0 Å². The van der Waals surface area contributed by atoms with Crippen molar-refractivity contribution in [2.24, 2.45) is 0 Å². The molecular formula is C17H23N3O2. The van der Waals surface area contributed by atoms with Crippen LogP contribution in [0.4, 0.5) is 0 Å². The molecule has 1 aromatic carbocycles. The largest absolute Gasteiger partial charge is 0.478 e. The molecule has 0 radical (unpaired) electrons. The van der Waals surface area contributed by atoms with Crippen molar-refractivity contribution in [3.05, 3.63) is 34.5 Å². The van der Waals surface area contributed by atoms with Gasteiger partial charge in [0.05, 0.1) is 11.1 Å². The number of piperazine rings is 1. The molecule has 2 aromatic rings. The fourth-order valence-corrected chi connectivity index (χ4v) is 3.36. The van der Waals surface area contributed by atoms with Crippen molar-refractivity contribution in [1.29, 1.82) is 0 Å². The number of aromatic amines is 1. The predicted molar refractivity (Wildman–Crippen MR) is 87.7 cm³/mol. The zero-order valence-electron chi connectivity index (χ0n) is 13.2. The third-order valence-electron chi connectivity index (χ3n) is 4.61. The molecule has 0 atom stereocenters. The predicted octanol–water partition coefficient (Wildman–Crippen LogP) is 1.93. The van der Waals surface area contributed by atoms with E-state index in [9.17, 15) is 9.90 Å². The van der Waals surface area contributed by atoms with E-state index in [0.29, 0.717) is 5.56 Å². The van der Waals surface area contributed by atoms with Gasteiger partial charge in [0.2, 0.25) is 0 Å². The highest BCUT2D eigenvalue weighted by Crippen LogP contribution is 2.28. The molecule has 0 spiro atoms. The van der Waals surface area contributed by atoms with E-state index in [-0.39, 0.29) is 0 Å². The van der Waals surface area contributed by atoms with Gasteiger partial charge < -0.3 is 20.3 Å². The molecule has 1 aromatic heterocycles. The lowest BCUT2D eigenvalue weighted by atomic mass is 10.0. The second-order valence-electron chi connectivity index (χ2n) is 6.06. The fourth-order valence-electron chi connectivity index (χ4n) is 3.36. The quantitative estimate of drug-likeness (QED) is 0.807. The number of H-pyrrole nitrogens is 1. The first kappa shape index (κ1) is 15.1. The molecule has 3 N–H and O–H groups in total. The molecule has 3 rings (SSSR count). The van der Waals surface area contributed by atoms with Gasteiger partial charge in [0.1, 0.15) is 0 Å². The van der Waals surface area contributed by atoms with Crippen molar-refractivity contribution in [2.45, 2.75) is 20.3 Å². The van der Waals surface area contributed by atoms with Crippen LogP contribution in [0.25, 0.3) is 10.9 Å². The van der Waals surface area contributed by atoms with E-state index in [0.717, 1.165) is 61.3 Å². The van der Waals surface area contributed by atoms with E-state index in [1.165, 1.54) is 5.56 Å². The summed E-state index contributed by atoms with van der Waals surface area (Å²) in [4.78, 5) is 17.3. The van der Waals surface area contributed by atoms with Crippen LogP contribution >= 0.6 is 0 Å². The third kappa shape index (κ3) is 2.74. The number of aryl methyl sites for hydroxylation is 2. The van der Waals surface area contributed by atoms with E-state index < -0.39 is 5.97 Å². The van der Waals surface area contributed by atoms with Crippen LogP contribution in [0.3, 0.4) is 0 Å². The molecule has 1 saturated heterocycles. The number of carboxylic acid groups (broad SMARTS) is 1. The maximum absolute atomic E-state index is 11.5. The van der Waals surface area contributed by atoms with Gasteiger partial charge >= 0.3 is 5.97 Å². The second kappa shape index (κ2) is 6.10. The molecule has 0 saturated carbocycles. The van der Waals surface area contributed by atoms with Gasteiger partial charge in [-0.05, 0) is 31.4 Å². The van der Waals surface area contributed by atoms with Gasteiger partial charge in [-0.3, -0.25) is 0 Å². The van der Waals surface area contributed by atoms with E-state index in [1.54, 1.807) is 0 Å². The highest BCUT2D eigenvalue weighted by Gasteiger charge is 2.18. The van der Waals surface area contributed by atoms with Crippen LogP contribution in [0.2, 0.25) is 0 Å². The summed E-state index contributed by atoms with van der Waals surface area (Å²) in [7, 11) is 0. The van der Waals surface area contributed by atoms with Crippen LogP contribution in [0, 0.1) is 13.8 Å². The number of benzene rings is 1. The average Bonchev–Trinajstić information content (AvgIpc) is 2.81. The number of carboxylic acids is 1. The van der Waals surface area contributed by atoms with Crippen LogP contribution in [0.5, 0.6) is 0 Å². The molecule has 0 aliphatic carbocycles. The summed E-state index contributed by atoms with van der Waals surface area (Å²) in [5.74, 6) is -0.863. The lowest BCUT2D eigenvalue weighted by molar-refractivity contribution is 0.0698. The van der Waals surface area contributed by atoms with Crippen molar-refractivity contribution >= 4 is 16.9 Å².